The molecule has 0 aliphatic heterocycles. The van der Waals surface area contributed by atoms with Crippen LogP contribution in [0, 0.1) is 5.82 Å². The number of H-pyrrole nitrogens is 1. The normalized spacial score (nSPS) is 10.7. The van der Waals surface area contributed by atoms with Gasteiger partial charge in [-0.3, -0.25) is 9.78 Å². The van der Waals surface area contributed by atoms with Gasteiger partial charge in [0.05, 0.1) is 5.56 Å². The molecule has 4 aromatic rings. The van der Waals surface area contributed by atoms with Crippen molar-refractivity contribution in [1.29, 1.82) is 0 Å². The maximum atomic E-state index is 14.4. The van der Waals surface area contributed by atoms with E-state index in [1.54, 1.807) is 30.3 Å². The SMILES string of the molecule is O=C(Oc1ccc(-c2cc(=O)c3ccccc3[nH]2)cc1F)c1cccnc1. The molecule has 0 saturated carbocycles. The van der Waals surface area contributed by atoms with Crippen molar-refractivity contribution in [3.8, 4) is 17.0 Å². The van der Waals surface area contributed by atoms with Gasteiger partial charge in [0.2, 0.25) is 0 Å². The molecule has 27 heavy (non-hydrogen) atoms. The quantitative estimate of drug-likeness (QED) is 0.444. The Morgan fingerprint density at radius 1 is 1.04 bits per heavy atom. The molecule has 0 aliphatic rings. The van der Waals surface area contributed by atoms with E-state index in [1.165, 1.54) is 36.7 Å². The number of benzene rings is 2. The maximum absolute atomic E-state index is 14.4. The molecule has 2 aromatic heterocycles. The predicted molar refractivity (Wildman–Crippen MR) is 99.2 cm³/mol. The van der Waals surface area contributed by atoms with E-state index in [9.17, 15) is 14.0 Å². The van der Waals surface area contributed by atoms with E-state index < -0.39 is 11.8 Å². The average Bonchev–Trinajstić information content (AvgIpc) is 2.70. The number of carbonyl (C=O) groups is 1. The monoisotopic (exact) mass is 360 g/mol. The molecule has 0 bridgehead atoms. The van der Waals surface area contributed by atoms with E-state index in [2.05, 4.69) is 9.97 Å². The lowest BCUT2D eigenvalue weighted by atomic mass is 10.1. The van der Waals surface area contributed by atoms with Crippen molar-refractivity contribution in [3.63, 3.8) is 0 Å². The van der Waals surface area contributed by atoms with Gasteiger partial charge in [-0.25, -0.2) is 9.18 Å². The van der Waals surface area contributed by atoms with Crippen molar-refractivity contribution >= 4 is 16.9 Å². The summed E-state index contributed by atoms with van der Waals surface area (Å²) in [5.41, 5.74) is 1.67. The van der Waals surface area contributed by atoms with Crippen molar-refractivity contribution in [2.24, 2.45) is 0 Å². The second kappa shape index (κ2) is 6.84. The van der Waals surface area contributed by atoms with Crippen molar-refractivity contribution < 1.29 is 13.9 Å². The number of nitrogens with one attached hydrogen (secondary N) is 1. The number of aromatic amines is 1. The molecule has 0 aliphatic carbocycles. The Balaban J connectivity index is 1.66. The van der Waals surface area contributed by atoms with Crippen LogP contribution in [0.3, 0.4) is 0 Å². The summed E-state index contributed by atoms with van der Waals surface area (Å²) < 4.78 is 19.5. The Labute approximate surface area is 153 Å². The fraction of sp³-hybridized carbons (Fsp3) is 0. The number of esters is 1. The van der Waals surface area contributed by atoms with Crippen molar-refractivity contribution in [2.45, 2.75) is 0 Å². The largest absolute Gasteiger partial charge is 0.420 e. The molecular formula is C21H13FN2O3. The van der Waals surface area contributed by atoms with Gasteiger partial charge in [-0.15, -0.1) is 0 Å². The molecule has 0 spiro atoms. The van der Waals surface area contributed by atoms with Gasteiger partial charge in [0, 0.05) is 40.6 Å². The first-order valence-corrected chi connectivity index (χ1v) is 8.16. The minimum atomic E-state index is -0.709. The fourth-order valence-electron chi connectivity index (χ4n) is 2.75. The molecule has 0 fully saturated rings. The Bertz CT molecular complexity index is 1200. The van der Waals surface area contributed by atoms with Crippen molar-refractivity contribution in [2.75, 3.05) is 0 Å². The van der Waals surface area contributed by atoms with Crippen LogP contribution in [0.2, 0.25) is 0 Å². The third-order valence-electron chi connectivity index (χ3n) is 4.08. The number of nitrogens with zero attached hydrogens (tertiary/aromatic N) is 1. The van der Waals surface area contributed by atoms with Gasteiger partial charge in [0.15, 0.2) is 17.0 Å². The van der Waals surface area contributed by atoms with Crippen LogP contribution in [0.1, 0.15) is 10.4 Å². The zero-order valence-corrected chi connectivity index (χ0v) is 14.0. The molecule has 6 heteroatoms. The number of pyridine rings is 2. The van der Waals surface area contributed by atoms with E-state index in [4.69, 9.17) is 4.74 Å². The molecule has 2 heterocycles. The fourth-order valence-corrected chi connectivity index (χ4v) is 2.75. The first-order valence-electron chi connectivity index (χ1n) is 8.16. The summed E-state index contributed by atoms with van der Waals surface area (Å²) in [6.07, 6.45) is 2.87. The minimum Gasteiger partial charge on any atom is -0.420 e. The second-order valence-corrected chi connectivity index (χ2v) is 5.87. The molecule has 1 N–H and O–H groups in total. The Hall–Kier alpha value is -3.80. The lowest BCUT2D eigenvalue weighted by molar-refractivity contribution is 0.0727. The molecule has 2 aromatic carbocycles. The number of rotatable bonds is 3. The average molecular weight is 360 g/mol. The van der Waals surface area contributed by atoms with Crippen LogP contribution >= 0.6 is 0 Å². The first kappa shape index (κ1) is 16.7. The maximum Gasteiger partial charge on any atom is 0.345 e. The third-order valence-corrected chi connectivity index (χ3v) is 4.08. The highest BCUT2D eigenvalue weighted by atomic mass is 19.1. The predicted octanol–water partition coefficient (Wildman–Crippen LogP) is 3.95. The Kier molecular flexibility index (Phi) is 4.22. The highest BCUT2D eigenvalue weighted by Gasteiger charge is 2.13. The van der Waals surface area contributed by atoms with Crippen LogP contribution in [0.5, 0.6) is 5.75 Å². The topological polar surface area (TPSA) is 72.1 Å². The molecule has 0 radical (unpaired) electrons. The summed E-state index contributed by atoms with van der Waals surface area (Å²) in [6.45, 7) is 0. The second-order valence-electron chi connectivity index (χ2n) is 5.87. The van der Waals surface area contributed by atoms with Gasteiger partial charge in [-0.1, -0.05) is 12.1 Å². The highest BCUT2D eigenvalue weighted by Crippen LogP contribution is 2.25. The molecule has 0 unspecified atom stereocenters. The number of para-hydroxylation sites is 1. The number of carbonyl (C=O) groups excluding carboxylic acids is 1. The lowest BCUT2D eigenvalue weighted by Gasteiger charge is -2.08. The van der Waals surface area contributed by atoms with Gasteiger partial charge in [-0.05, 0) is 42.5 Å². The number of ether oxygens (including phenoxy) is 1. The van der Waals surface area contributed by atoms with Gasteiger partial charge in [0.1, 0.15) is 0 Å². The van der Waals surface area contributed by atoms with E-state index >= 15 is 0 Å². The minimum absolute atomic E-state index is 0.160. The number of hydrogen-bond acceptors (Lipinski definition) is 4. The smallest absolute Gasteiger partial charge is 0.345 e. The molecular weight excluding hydrogens is 347 g/mol. The van der Waals surface area contributed by atoms with Crippen LogP contribution in [0.15, 0.2) is 77.9 Å². The number of fused-ring (bicyclic) bond motifs is 1. The summed E-state index contributed by atoms with van der Waals surface area (Å²) in [5.74, 6) is -1.61. The Morgan fingerprint density at radius 2 is 1.89 bits per heavy atom. The van der Waals surface area contributed by atoms with Crippen LogP contribution < -0.4 is 10.2 Å². The molecule has 4 rings (SSSR count). The molecule has 0 saturated heterocycles. The third kappa shape index (κ3) is 3.32. The van der Waals surface area contributed by atoms with Crippen molar-refractivity contribution in [3.05, 3.63) is 94.7 Å². The zero-order valence-electron chi connectivity index (χ0n) is 14.0. The number of aromatic nitrogens is 2. The van der Waals surface area contributed by atoms with E-state index in [0.29, 0.717) is 22.2 Å². The first-order chi connectivity index (χ1) is 13.1. The van der Waals surface area contributed by atoms with Gasteiger partial charge in [-0.2, -0.15) is 0 Å². The van der Waals surface area contributed by atoms with Crippen LogP contribution in [0.4, 0.5) is 4.39 Å². The molecule has 0 amide bonds. The summed E-state index contributed by atoms with van der Waals surface area (Å²) >= 11 is 0. The molecule has 5 nitrogen and oxygen atoms in total. The van der Waals surface area contributed by atoms with Crippen molar-refractivity contribution in [1.82, 2.24) is 9.97 Å². The molecule has 0 atom stereocenters. The van der Waals surface area contributed by atoms with E-state index in [0.717, 1.165) is 0 Å². The Morgan fingerprint density at radius 3 is 2.67 bits per heavy atom. The van der Waals surface area contributed by atoms with Gasteiger partial charge < -0.3 is 9.72 Å². The van der Waals surface area contributed by atoms with E-state index in [1.807, 2.05) is 6.07 Å². The number of halogens is 1. The van der Waals surface area contributed by atoms with Crippen LogP contribution in [-0.2, 0) is 0 Å². The van der Waals surface area contributed by atoms with Gasteiger partial charge >= 0.3 is 5.97 Å². The summed E-state index contributed by atoms with van der Waals surface area (Å²) in [4.78, 5) is 31.2. The van der Waals surface area contributed by atoms with Crippen LogP contribution in [-0.4, -0.2) is 15.9 Å². The molecule has 132 valence electrons. The lowest BCUT2D eigenvalue weighted by Crippen LogP contribution is -2.09. The number of hydrogen-bond donors (Lipinski definition) is 1. The summed E-state index contributed by atoms with van der Waals surface area (Å²) in [5, 5.41) is 0.559. The summed E-state index contributed by atoms with van der Waals surface area (Å²) in [6, 6.07) is 15.8. The van der Waals surface area contributed by atoms with E-state index in [-0.39, 0.29) is 16.7 Å². The van der Waals surface area contributed by atoms with Crippen LogP contribution in [0.25, 0.3) is 22.2 Å². The van der Waals surface area contributed by atoms with Gasteiger partial charge in [0.25, 0.3) is 0 Å². The highest BCUT2D eigenvalue weighted by molar-refractivity contribution is 5.90. The standard InChI is InChI=1S/C21H13FN2O3/c22-16-10-13(18-11-19(25)15-5-1-2-6-17(15)24-18)7-8-20(16)27-21(26)14-4-3-9-23-12-14/h1-12H,(H,24,25). The zero-order chi connectivity index (χ0) is 18.8. The summed E-state index contributed by atoms with van der Waals surface area (Å²) in [7, 11) is 0.